The molecule has 2 heterocycles. The third kappa shape index (κ3) is 3.41. The molecule has 0 aliphatic carbocycles. The molecule has 0 spiro atoms. The second-order valence-corrected chi connectivity index (χ2v) is 7.41. The highest BCUT2D eigenvalue weighted by molar-refractivity contribution is 5.89. The fourth-order valence-electron chi connectivity index (χ4n) is 3.96. The van der Waals surface area contributed by atoms with Gasteiger partial charge >= 0.3 is 0 Å². The van der Waals surface area contributed by atoms with Crippen LogP contribution >= 0.6 is 0 Å². The quantitative estimate of drug-likeness (QED) is 0.556. The van der Waals surface area contributed by atoms with E-state index < -0.39 is 6.04 Å². The molecule has 2 aromatic heterocycles. The van der Waals surface area contributed by atoms with E-state index >= 15 is 0 Å². The molecule has 0 bridgehead atoms. The molecule has 0 saturated heterocycles. The Morgan fingerprint density at radius 2 is 1.63 bits per heavy atom. The molecule has 1 atom stereocenters. The molecule has 0 fully saturated rings. The van der Waals surface area contributed by atoms with Crippen molar-refractivity contribution in [1.29, 1.82) is 0 Å². The van der Waals surface area contributed by atoms with E-state index in [1.165, 1.54) is 4.68 Å². The number of hydrogen-bond donors (Lipinski definition) is 1. The van der Waals surface area contributed by atoms with E-state index in [4.69, 9.17) is 0 Å². The molecule has 1 unspecified atom stereocenters. The first kappa shape index (κ1) is 19.6. The first-order chi connectivity index (χ1) is 14.5. The Balaban J connectivity index is 1.70. The molecule has 4 rings (SSSR count). The SMILES string of the molecule is Cc1c2cnn(-c3ccccc3)c(=O)c2c(C)n1C(C)C(=O)NCc1ccccc1. The van der Waals surface area contributed by atoms with E-state index in [0.29, 0.717) is 17.6 Å². The Labute approximate surface area is 174 Å². The molecule has 1 N–H and O–H groups in total. The molecule has 2 aromatic carbocycles. The lowest BCUT2D eigenvalue weighted by molar-refractivity contribution is -0.124. The zero-order chi connectivity index (χ0) is 21.3. The Bertz CT molecular complexity index is 1260. The van der Waals surface area contributed by atoms with Gasteiger partial charge in [-0.3, -0.25) is 9.59 Å². The van der Waals surface area contributed by atoms with Gasteiger partial charge in [0.2, 0.25) is 5.91 Å². The summed E-state index contributed by atoms with van der Waals surface area (Å²) in [5.41, 5.74) is 3.19. The summed E-state index contributed by atoms with van der Waals surface area (Å²) in [5, 5.41) is 8.71. The van der Waals surface area contributed by atoms with Gasteiger partial charge in [-0.15, -0.1) is 0 Å². The first-order valence-corrected chi connectivity index (χ1v) is 9.95. The maximum Gasteiger partial charge on any atom is 0.281 e. The minimum Gasteiger partial charge on any atom is -0.350 e. The lowest BCUT2D eigenvalue weighted by Gasteiger charge is -2.18. The number of para-hydroxylation sites is 1. The highest BCUT2D eigenvalue weighted by atomic mass is 16.2. The van der Waals surface area contributed by atoms with Crippen LogP contribution < -0.4 is 10.9 Å². The van der Waals surface area contributed by atoms with Crippen LogP contribution in [0, 0.1) is 13.8 Å². The number of nitrogens with zero attached hydrogens (tertiary/aromatic N) is 3. The minimum absolute atomic E-state index is 0.0956. The van der Waals surface area contributed by atoms with Gasteiger partial charge in [0, 0.05) is 23.3 Å². The van der Waals surface area contributed by atoms with Crippen LogP contribution in [0.25, 0.3) is 16.5 Å². The summed E-state index contributed by atoms with van der Waals surface area (Å²) < 4.78 is 3.32. The van der Waals surface area contributed by atoms with Crippen molar-refractivity contribution in [2.45, 2.75) is 33.4 Å². The summed E-state index contributed by atoms with van der Waals surface area (Å²) in [6.07, 6.45) is 1.71. The number of benzene rings is 2. The number of aromatic nitrogens is 3. The van der Waals surface area contributed by atoms with Crippen LogP contribution in [0.3, 0.4) is 0 Å². The van der Waals surface area contributed by atoms with Gasteiger partial charge in [-0.1, -0.05) is 48.5 Å². The highest BCUT2D eigenvalue weighted by Gasteiger charge is 2.23. The van der Waals surface area contributed by atoms with E-state index in [9.17, 15) is 9.59 Å². The Morgan fingerprint density at radius 1 is 1.00 bits per heavy atom. The van der Waals surface area contributed by atoms with Crippen molar-refractivity contribution >= 4 is 16.7 Å². The molecule has 1 amide bonds. The number of amides is 1. The van der Waals surface area contributed by atoms with E-state index in [1.54, 1.807) is 6.20 Å². The topological polar surface area (TPSA) is 68.9 Å². The average Bonchev–Trinajstić information content (AvgIpc) is 3.03. The molecule has 0 aliphatic rings. The number of carbonyl (C=O) groups is 1. The summed E-state index contributed by atoms with van der Waals surface area (Å²) in [6.45, 7) is 6.12. The number of hydrogen-bond acceptors (Lipinski definition) is 3. The molecule has 0 saturated carbocycles. The van der Waals surface area contributed by atoms with Crippen LogP contribution in [0.5, 0.6) is 0 Å². The third-order valence-corrected chi connectivity index (χ3v) is 5.53. The van der Waals surface area contributed by atoms with Gasteiger partial charge in [0.1, 0.15) is 6.04 Å². The fraction of sp³-hybridized carbons (Fsp3) is 0.208. The van der Waals surface area contributed by atoms with E-state index in [2.05, 4.69) is 10.4 Å². The maximum absolute atomic E-state index is 13.2. The largest absolute Gasteiger partial charge is 0.350 e. The predicted molar refractivity (Wildman–Crippen MR) is 118 cm³/mol. The van der Waals surface area contributed by atoms with Gasteiger partial charge < -0.3 is 9.88 Å². The molecule has 4 aromatic rings. The van der Waals surface area contributed by atoms with Gasteiger partial charge in [-0.25, -0.2) is 0 Å². The van der Waals surface area contributed by atoms with Gasteiger partial charge in [0.25, 0.3) is 5.56 Å². The van der Waals surface area contributed by atoms with Crippen molar-refractivity contribution in [2.75, 3.05) is 0 Å². The summed E-state index contributed by atoms with van der Waals surface area (Å²) in [4.78, 5) is 26.0. The Hall–Kier alpha value is -3.67. The van der Waals surface area contributed by atoms with Crippen LogP contribution in [-0.4, -0.2) is 20.3 Å². The average molecular weight is 400 g/mol. The molecule has 30 heavy (non-hydrogen) atoms. The summed E-state index contributed by atoms with van der Waals surface area (Å²) in [5.74, 6) is -0.0956. The van der Waals surface area contributed by atoms with Crippen molar-refractivity contribution in [2.24, 2.45) is 0 Å². The van der Waals surface area contributed by atoms with E-state index in [0.717, 1.165) is 22.3 Å². The van der Waals surface area contributed by atoms with E-state index in [-0.39, 0.29) is 11.5 Å². The molecule has 152 valence electrons. The summed E-state index contributed by atoms with van der Waals surface area (Å²) in [7, 11) is 0. The lowest BCUT2D eigenvalue weighted by atomic mass is 10.2. The number of aryl methyl sites for hydroxylation is 2. The van der Waals surface area contributed by atoms with Crippen molar-refractivity contribution < 1.29 is 4.79 Å². The zero-order valence-electron chi connectivity index (χ0n) is 17.3. The zero-order valence-corrected chi connectivity index (χ0v) is 17.3. The summed E-state index contributed by atoms with van der Waals surface area (Å²) >= 11 is 0. The number of rotatable bonds is 5. The van der Waals surface area contributed by atoms with Crippen LogP contribution in [0.1, 0.15) is 29.9 Å². The van der Waals surface area contributed by atoms with Crippen LogP contribution in [-0.2, 0) is 11.3 Å². The fourth-order valence-corrected chi connectivity index (χ4v) is 3.96. The lowest BCUT2D eigenvalue weighted by Crippen LogP contribution is -2.31. The molecule has 0 radical (unpaired) electrons. The second kappa shape index (κ2) is 7.99. The summed E-state index contributed by atoms with van der Waals surface area (Å²) in [6, 6.07) is 18.7. The molecular formula is C24H24N4O2. The van der Waals surface area contributed by atoms with Crippen molar-refractivity contribution in [3.05, 3.63) is 94.2 Å². The van der Waals surface area contributed by atoms with Crippen molar-refractivity contribution in [3.63, 3.8) is 0 Å². The predicted octanol–water partition coefficient (Wildman–Crippen LogP) is 3.68. The molecule has 6 heteroatoms. The Morgan fingerprint density at radius 3 is 2.30 bits per heavy atom. The highest BCUT2D eigenvalue weighted by Crippen LogP contribution is 2.26. The van der Waals surface area contributed by atoms with Crippen molar-refractivity contribution in [1.82, 2.24) is 19.7 Å². The standard InChI is InChI=1S/C24H24N4O2/c1-16-21-15-26-28(20-12-8-5-9-13-20)24(30)22(21)17(2)27(16)18(3)23(29)25-14-19-10-6-4-7-11-19/h4-13,15,18H,14H2,1-3H3,(H,25,29). The monoisotopic (exact) mass is 400 g/mol. The Kier molecular flexibility index (Phi) is 5.23. The van der Waals surface area contributed by atoms with Gasteiger partial charge in [-0.05, 0) is 38.5 Å². The van der Waals surface area contributed by atoms with Crippen LogP contribution in [0.2, 0.25) is 0 Å². The number of nitrogens with one attached hydrogen (secondary N) is 1. The normalized spacial score (nSPS) is 12.1. The van der Waals surface area contributed by atoms with Gasteiger partial charge in [0.05, 0.1) is 17.3 Å². The van der Waals surface area contributed by atoms with Gasteiger partial charge in [-0.2, -0.15) is 9.78 Å². The second-order valence-electron chi connectivity index (χ2n) is 7.41. The molecule has 6 nitrogen and oxygen atoms in total. The first-order valence-electron chi connectivity index (χ1n) is 9.95. The molecular weight excluding hydrogens is 376 g/mol. The van der Waals surface area contributed by atoms with E-state index in [1.807, 2.05) is 86.0 Å². The number of fused-ring (bicyclic) bond motifs is 1. The smallest absolute Gasteiger partial charge is 0.281 e. The number of carbonyl (C=O) groups excluding carboxylic acids is 1. The van der Waals surface area contributed by atoms with Crippen LogP contribution in [0.4, 0.5) is 0 Å². The van der Waals surface area contributed by atoms with Crippen LogP contribution in [0.15, 0.2) is 71.7 Å². The van der Waals surface area contributed by atoms with Gasteiger partial charge in [0.15, 0.2) is 0 Å². The third-order valence-electron chi connectivity index (χ3n) is 5.53. The maximum atomic E-state index is 13.2. The minimum atomic E-state index is -0.453. The molecule has 0 aliphatic heterocycles. The van der Waals surface area contributed by atoms with Crippen molar-refractivity contribution in [3.8, 4) is 5.69 Å².